The lowest BCUT2D eigenvalue weighted by Crippen LogP contribution is -2.50. The highest BCUT2D eigenvalue weighted by Gasteiger charge is 2.44. The summed E-state index contributed by atoms with van der Waals surface area (Å²) in [5, 5.41) is 10.6. The molecule has 0 aromatic rings. The van der Waals surface area contributed by atoms with Crippen molar-refractivity contribution in [2.45, 2.75) is 50.2 Å². The van der Waals surface area contributed by atoms with Gasteiger partial charge < -0.3 is 10.8 Å². The molecule has 3 fully saturated rings. The van der Waals surface area contributed by atoms with Crippen LogP contribution in [-0.2, 0) is 0 Å². The molecule has 2 heterocycles. The van der Waals surface area contributed by atoms with Gasteiger partial charge in [-0.15, -0.1) is 0 Å². The molecule has 0 bridgehead atoms. The number of piperidine rings is 1. The molecular formula is C15H29N3O. The molecule has 2 unspecified atom stereocenters. The fraction of sp³-hybridized carbons (Fsp3) is 1.00. The third kappa shape index (κ3) is 3.13. The zero-order valence-corrected chi connectivity index (χ0v) is 12.1. The smallest absolute Gasteiger partial charge is 0.0923 e. The van der Waals surface area contributed by atoms with Gasteiger partial charge in [-0.1, -0.05) is 6.42 Å². The summed E-state index contributed by atoms with van der Waals surface area (Å²) >= 11 is 0. The summed E-state index contributed by atoms with van der Waals surface area (Å²) in [4.78, 5) is 5.12. The molecule has 4 nitrogen and oxygen atoms in total. The minimum Gasteiger partial charge on any atom is -0.387 e. The maximum Gasteiger partial charge on any atom is 0.0923 e. The topological polar surface area (TPSA) is 52.7 Å². The monoisotopic (exact) mass is 267 g/mol. The van der Waals surface area contributed by atoms with Crippen molar-refractivity contribution in [1.29, 1.82) is 0 Å². The van der Waals surface area contributed by atoms with Crippen LogP contribution in [0.25, 0.3) is 0 Å². The molecule has 3 N–H and O–H groups in total. The van der Waals surface area contributed by atoms with Crippen LogP contribution in [0.4, 0.5) is 0 Å². The summed E-state index contributed by atoms with van der Waals surface area (Å²) in [6.45, 7) is 6.04. The van der Waals surface area contributed by atoms with E-state index in [0.29, 0.717) is 12.5 Å². The number of hydrogen-bond acceptors (Lipinski definition) is 4. The Balaban J connectivity index is 1.50. The van der Waals surface area contributed by atoms with Crippen LogP contribution in [0.5, 0.6) is 0 Å². The second-order valence-electron chi connectivity index (χ2n) is 6.86. The number of likely N-dealkylation sites (tertiary alicyclic amines) is 2. The molecule has 2 atom stereocenters. The molecule has 0 aromatic carbocycles. The molecule has 110 valence electrons. The first-order chi connectivity index (χ1) is 9.21. The number of nitrogens with two attached hydrogens (primary N) is 1. The Morgan fingerprint density at radius 1 is 1.05 bits per heavy atom. The van der Waals surface area contributed by atoms with Crippen molar-refractivity contribution in [2.24, 2.45) is 11.7 Å². The van der Waals surface area contributed by atoms with E-state index in [-0.39, 0.29) is 0 Å². The fourth-order valence-corrected chi connectivity index (χ4v) is 3.91. The molecular weight excluding hydrogens is 238 g/mol. The molecule has 4 heteroatoms. The largest absolute Gasteiger partial charge is 0.387 e. The van der Waals surface area contributed by atoms with Crippen molar-refractivity contribution in [3.05, 3.63) is 0 Å². The van der Waals surface area contributed by atoms with Crippen molar-refractivity contribution >= 4 is 0 Å². The van der Waals surface area contributed by atoms with Gasteiger partial charge in [0, 0.05) is 25.7 Å². The van der Waals surface area contributed by atoms with E-state index in [1.54, 1.807) is 0 Å². The Labute approximate surface area is 116 Å². The average Bonchev–Trinajstić information content (AvgIpc) is 3.21. The van der Waals surface area contributed by atoms with E-state index in [0.717, 1.165) is 38.5 Å². The molecule has 0 aromatic heterocycles. The predicted octanol–water partition coefficient (Wildman–Crippen LogP) is 0.646. The summed E-state index contributed by atoms with van der Waals surface area (Å²) in [5.41, 5.74) is 5.20. The molecule has 1 saturated carbocycles. The van der Waals surface area contributed by atoms with Crippen LogP contribution in [0.2, 0.25) is 0 Å². The lowest BCUT2D eigenvalue weighted by molar-refractivity contribution is -0.00448. The minimum atomic E-state index is -0.614. The predicted molar refractivity (Wildman–Crippen MR) is 77.0 cm³/mol. The van der Waals surface area contributed by atoms with E-state index < -0.39 is 5.60 Å². The Morgan fingerprint density at radius 3 is 2.42 bits per heavy atom. The molecule has 2 saturated heterocycles. The van der Waals surface area contributed by atoms with Crippen molar-refractivity contribution in [3.63, 3.8) is 0 Å². The number of hydrogen-bond donors (Lipinski definition) is 2. The van der Waals surface area contributed by atoms with Crippen LogP contribution in [0, 0.1) is 5.92 Å². The normalized spacial score (nSPS) is 33.5. The maximum atomic E-state index is 10.6. The van der Waals surface area contributed by atoms with Gasteiger partial charge in [-0.2, -0.15) is 0 Å². The summed E-state index contributed by atoms with van der Waals surface area (Å²) < 4.78 is 0. The molecule has 3 aliphatic rings. The first-order valence-corrected chi connectivity index (χ1v) is 8.10. The second-order valence-corrected chi connectivity index (χ2v) is 6.86. The highest BCUT2D eigenvalue weighted by molar-refractivity contribution is 4.99. The highest BCUT2D eigenvalue weighted by atomic mass is 16.3. The Kier molecular flexibility index (Phi) is 4.13. The maximum absolute atomic E-state index is 10.6. The third-order valence-electron chi connectivity index (χ3n) is 5.34. The lowest BCUT2D eigenvalue weighted by atomic mass is 9.97. The first-order valence-electron chi connectivity index (χ1n) is 8.10. The molecule has 19 heavy (non-hydrogen) atoms. The molecule has 0 radical (unpaired) electrons. The third-order valence-corrected chi connectivity index (χ3v) is 5.34. The lowest BCUT2D eigenvalue weighted by Gasteiger charge is -2.34. The van der Waals surface area contributed by atoms with Gasteiger partial charge >= 0.3 is 0 Å². The van der Waals surface area contributed by atoms with Crippen molar-refractivity contribution < 1.29 is 5.11 Å². The van der Waals surface area contributed by atoms with Gasteiger partial charge in [0.15, 0.2) is 0 Å². The number of rotatable bonds is 5. The summed E-state index contributed by atoms with van der Waals surface area (Å²) in [6.07, 6.45) is 7.73. The van der Waals surface area contributed by atoms with Crippen LogP contribution in [0.1, 0.15) is 38.5 Å². The molecule has 3 rings (SSSR count). The van der Waals surface area contributed by atoms with Crippen molar-refractivity contribution in [3.8, 4) is 0 Å². The summed E-state index contributed by atoms with van der Waals surface area (Å²) in [5.74, 6) is 0.464. The van der Waals surface area contributed by atoms with Gasteiger partial charge in [0.25, 0.3) is 0 Å². The minimum absolute atomic E-state index is 0.419. The van der Waals surface area contributed by atoms with Gasteiger partial charge in [0.1, 0.15) is 0 Å². The Bertz CT molecular complexity index is 302. The van der Waals surface area contributed by atoms with Crippen LogP contribution < -0.4 is 5.73 Å². The van der Waals surface area contributed by atoms with Crippen LogP contribution >= 0.6 is 0 Å². The van der Waals surface area contributed by atoms with E-state index in [1.807, 2.05) is 0 Å². The first kappa shape index (κ1) is 13.8. The van der Waals surface area contributed by atoms with Crippen LogP contribution in [-0.4, -0.2) is 65.8 Å². The van der Waals surface area contributed by atoms with Crippen LogP contribution in [0.3, 0.4) is 0 Å². The van der Waals surface area contributed by atoms with Gasteiger partial charge in [0.05, 0.1) is 5.60 Å². The van der Waals surface area contributed by atoms with Crippen molar-refractivity contribution in [2.75, 3.05) is 39.3 Å². The summed E-state index contributed by atoms with van der Waals surface area (Å²) in [7, 11) is 0. The van der Waals surface area contributed by atoms with Gasteiger partial charge in [-0.05, 0) is 57.7 Å². The average molecular weight is 267 g/mol. The van der Waals surface area contributed by atoms with E-state index in [2.05, 4.69) is 9.80 Å². The van der Waals surface area contributed by atoms with E-state index >= 15 is 0 Å². The SMILES string of the molecule is NCC(O)(CN1CCC(N2CCCCC2)C1)C1CC1. The molecule has 0 spiro atoms. The number of aliphatic hydroxyl groups is 1. The zero-order chi connectivity index (χ0) is 13.3. The van der Waals surface area contributed by atoms with Gasteiger partial charge in [-0.3, -0.25) is 9.80 Å². The summed E-state index contributed by atoms with van der Waals surface area (Å²) in [6, 6.07) is 0.724. The standard InChI is InChI=1S/C15H29N3O/c16-11-15(19,13-4-5-13)12-17-9-6-14(10-17)18-7-2-1-3-8-18/h13-14,19H,1-12,16H2. The zero-order valence-electron chi connectivity index (χ0n) is 12.1. The van der Waals surface area contributed by atoms with Crippen molar-refractivity contribution in [1.82, 2.24) is 9.80 Å². The van der Waals surface area contributed by atoms with Crippen LogP contribution in [0.15, 0.2) is 0 Å². The molecule has 1 aliphatic carbocycles. The van der Waals surface area contributed by atoms with E-state index in [4.69, 9.17) is 5.73 Å². The molecule has 0 amide bonds. The number of nitrogens with zero attached hydrogens (tertiary/aromatic N) is 2. The molecule has 2 aliphatic heterocycles. The van der Waals surface area contributed by atoms with E-state index in [9.17, 15) is 5.11 Å². The highest BCUT2D eigenvalue weighted by Crippen LogP contribution is 2.40. The Morgan fingerprint density at radius 2 is 1.79 bits per heavy atom. The number of β-amino-alcohol motifs (C(OH)–C–C–N with tert-alkyl or cyclic N) is 1. The Hall–Kier alpha value is -0.160. The quantitative estimate of drug-likeness (QED) is 0.768. The fourth-order valence-electron chi connectivity index (χ4n) is 3.91. The van der Waals surface area contributed by atoms with Gasteiger partial charge in [-0.25, -0.2) is 0 Å². The van der Waals surface area contributed by atoms with Gasteiger partial charge in [0.2, 0.25) is 0 Å². The second kappa shape index (κ2) is 5.68. The van der Waals surface area contributed by atoms with E-state index in [1.165, 1.54) is 38.8 Å².